The lowest BCUT2D eigenvalue weighted by Gasteiger charge is -2.21. The number of nitrogen functional groups attached to an aromatic ring is 1. The molecule has 17 heavy (non-hydrogen) atoms. The summed E-state index contributed by atoms with van der Waals surface area (Å²) in [4.78, 5) is 13.8. The number of nitrogens with two attached hydrogens (primary N) is 1. The van der Waals surface area contributed by atoms with Crippen molar-refractivity contribution in [3.8, 4) is 0 Å². The number of rotatable bonds is 5. The molecule has 0 aliphatic heterocycles. The predicted molar refractivity (Wildman–Crippen MR) is 71.8 cm³/mol. The lowest BCUT2D eigenvalue weighted by Crippen LogP contribution is -2.31. The first-order chi connectivity index (χ1) is 8.08. The average molecular weight is 234 g/mol. The highest BCUT2D eigenvalue weighted by Crippen LogP contribution is 2.20. The normalized spacial score (nSPS) is 12.2. The van der Waals surface area contributed by atoms with Gasteiger partial charge in [-0.15, -0.1) is 0 Å². The van der Waals surface area contributed by atoms with Crippen molar-refractivity contribution in [2.45, 2.75) is 33.1 Å². The van der Waals surface area contributed by atoms with Crippen molar-refractivity contribution in [1.29, 1.82) is 0 Å². The van der Waals surface area contributed by atoms with E-state index in [-0.39, 0.29) is 11.8 Å². The molecule has 0 aromatic heterocycles. The van der Waals surface area contributed by atoms with Gasteiger partial charge in [0, 0.05) is 25.2 Å². The summed E-state index contributed by atoms with van der Waals surface area (Å²) in [6.07, 6.45) is 0.561. The summed E-state index contributed by atoms with van der Waals surface area (Å²) >= 11 is 0. The van der Waals surface area contributed by atoms with Crippen LogP contribution in [0.2, 0.25) is 0 Å². The average Bonchev–Trinajstić information content (AvgIpc) is 2.31. The Hall–Kier alpha value is -1.51. The van der Waals surface area contributed by atoms with Crippen LogP contribution in [0.1, 0.15) is 38.7 Å². The van der Waals surface area contributed by atoms with Crippen molar-refractivity contribution in [1.82, 2.24) is 4.90 Å². The molecule has 0 radical (unpaired) electrons. The second-order valence-corrected chi connectivity index (χ2v) is 4.34. The van der Waals surface area contributed by atoms with Crippen LogP contribution in [0.25, 0.3) is 0 Å². The van der Waals surface area contributed by atoms with E-state index in [0.717, 1.165) is 18.8 Å². The monoisotopic (exact) mass is 234 g/mol. The largest absolute Gasteiger partial charge is 0.399 e. The van der Waals surface area contributed by atoms with E-state index in [4.69, 9.17) is 5.73 Å². The van der Waals surface area contributed by atoms with Gasteiger partial charge in [0.1, 0.15) is 0 Å². The number of benzene rings is 1. The zero-order valence-electron chi connectivity index (χ0n) is 10.9. The van der Waals surface area contributed by atoms with Gasteiger partial charge in [-0.2, -0.15) is 0 Å². The maximum Gasteiger partial charge on any atom is 0.223 e. The molecule has 0 spiro atoms. The van der Waals surface area contributed by atoms with Gasteiger partial charge in [-0.3, -0.25) is 4.79 Å². The molecule has 0 aliphatic carbocycles. The Morgan fingerprint density at radius 3 is 2.24 bits per heavy atom. The maximum absolute atomic E-state index is 12.0. The second kappa shape index (κ2) is 6.28. The lowest BCUT2D eigenvalue weighted by molar-refractivity contribution is -0.131. The van der Waals surface area contributed by atoms with Crippen molar-refractivity contribution in [2.75, 3.05) is 18.8 Å². The molecule has 0 heterocycles. The van der Waals surface area contributed by atoms with E-state index in [1.54, 1.807) is 0 Å². The van der Waals surface area contributed by atoms with Crippen molar-refractivity contribution in [3.05, 3.63) is 29.8 Å². The predicted octanol–water partition coefficient (Wildman–Crippen LogP) is 2.63. The van der Waals surface area contributed by atoms with Crippen LogP contribution in [-0.4, -0.2) is 23.9 Å². The number of carbonyl (C=O) groups is 1. The molecule has 3 heteroatoms. The minimum atomic E-state index is 0.222. The number of anilines is 1. The van der Waals surface area contributed by atoms with Gasteiger partial charge >= 0.3 is 0 Å². The molecule has 1 rings (SSSR count). The van der Waals surface area contributed by atoms with Gasteiger partial charge in [0.05, 0.1) is 0 Å². The van der Waals surface area contributed by atoms with Crippen LogP contribution < -0.4 is 5.73 Å². The van der Waals surface area contributed by atoms with E-state index in [1.807, 2.05) is 43.0 Å². The van der Waals surface area contributed by atoms with Crippen molar-refractivity contribution < 1.29 is 4.79 Å². The van der Waals surface area contributed by atoms with E-state index in [0.29, 0.717) is 6.42 Å². The van der Waals surface area contributed by atoms with Crippen LogP contribution in [-0.2, 0) is 4.79 Å². The molecular formula is C14H22N2O. The molecule has 94 valence electrons. The van der Waals surface area contributed by atoms with Gasteiger partial charge in [-0.05, 0) is 37.5 Å². The topological polar surface area (TPSA) is 46.3 Å². The number of hydrogen-bond donors (Lipinski definition) is 1. The molecule has 0 saturated carbocycles. The fraction of sp³-hybridized carbons (Fsp3) is 0.500. The highest BCUT2D eigenvalue weighted by molar-refractivity contribution is 5.77. The number of nitrogens with zero attached hydrogens (tertiary/aromatic N) is 1. The first kappa shape index (κ1) is 13.6. The Bertz CT molecular complexity index is 355. The molecule has 0 aliphatic rings. The summed E-state index contributed by atoms with van der Waals surface area (Å²) in [6, 6.07) is 7.76. The molecule has 1 atom stereocenters. The maximum atomic E-state index is 12.0. The summed E-state index contributed by atoms with van der Waals surface area (Å²) in [5, 5.41) is 0. The molecule has 2 N–H and O–H groups in total. The zero-order valence-corrected chi connectivity index (χ0v) is 10.9. The van der Waals surface area contributed by atoms with Gasteiger partial charge in [-0.1, -0.05) is 19.1 Å². The number of carbonyl (C=O) groups excluding carboxylic acids is 1. The van der Waals surface area contributed by atoms with Gasteiger partial charge in [-0.25, -0.2) is 0 Å². The quantitative estimate of drug-likeness (QED) is 0.796. The molecule has 0 fully saturated rings. The first-order valence-electron chi connectivity index (χ1n) is 6.21. The third-order valence-electron chi connectivity index (χ3n) is 3.10. The van der Waals surface area contributed by atoms with Crippen LogP contribution in [0, 0.1) is 0 Å². The van der Waals surface area contributed by atoms with Gasteiger partial charge < -0.3 is 10.6 Å². The molecular weight excluding hydrogens is 212 g/mol. The summed E-state index contributed by atoms with van der Waals surface area (Å²) in [5.41, 5.74) is 7.57. The van der Waals surface area contributed by atoms with Gasteiger partial charge in [0.25, 0.3) is 0 Å². The Morgan fingerprint density at radius 2 is 1.76 bits per heavy atom. The second-order valence-electron chi connectivity index (χ2n) is 4.34. The number of hydrogen-bond acceptors (Lipinski definition) is 2. The van der Waals surface area contributed by atoms with Gasteiger partial charge in [0.15, 0.2) is 0 Å². The molecule has 1 unspecified atom stereocenters. The van der Waals surface area contributed by atoms with Crippen LogP contribution >= 0.6 is 0 Å². The molecule has 1 amide bonds. The third-order valence-corrected chi connectivity index (χ3v) is 3.10. The Kier molecular flexibility index (Phi) is 5.01. The summed E-state index contributed by atoms with van der Waals surface area (Å²) in [5.74, 6) is 0.461. The highest BCUT2D eigenvalue weighted by Gasteiger charge is 2.15. The molecule has 3 nitrogen and oxygen atoms in total. The minimum Gasteiger partial charge on any atom is -0.399 e. The summed E-state index contributed by atoms with van der Waals surface area (Å²) in [7, 11) is 0. The zero-order chi connectivity index (χ0) is 12.8. The van der Waals surface area contributed by atoms with E-state index in [2.05, 4.69) is 6.92 Å². The van der Waals surface area contributed by atoms with Crippen molar-refractivity contribution in [2.24, 2.45) is 0 Å². The van der Waals surface area contributed by atoms with Crippen LogP contribution in [0.4, 0.5) is 5.69 Å². The summed E-state index contributed by atoms with van der Waals surface area (Å²) < 4.78 is 0. The Morgan fingerprint density at radius 1 is 1.24 bits per heavy atom. The highest BCUT2D eigenvalue weighted by atomic mass is 16.2. The van der Waals surface area contributed by atoms with Crippen molar-refractivity contribution >= 4 is 11.6 Å². The molecule has 0 saturated heterocycles. The van der Waals surface area contributed by atoms with Crippen LogP contribution in [0.3, 0.4) is 0 Å². The van der Waals surface area contributed by atoms with E-state index < -0.39 is 0 Å². The SMILES string of the molecule is CCN(CC)C(=O)CC(C)c1ccc(N)cc1. The molecule has 0 bridgehead atoms. The van der Waals surface area contributed by atoms with E-state index in [9.17, 15) is 4.79 Å². The lowest BCUT2D eigenvalue weighted by atomic mass is 9.97. The Balaban J connectivity index is 2.62. The van der Waals surface area contributed by atoms with Gasteiger partial charge in [0.2, 0.25) is 5.91 Å². The summed E-state index contributed by atoms with van der Waals surface area (Å²) in [6.45, 7) is 7.66. The molecule has 1 aromatic carbocycles. The van der Waals surface area contributed by atoms with Crippen molar-refractivity contribution in [3.63, 3.8) is 0 Å². The Labute approximate surface area is 104 Å². The van der Waals surface area contributed by atoms with Crippen LogP contribution in [0.15, 0.2) is 24.3 Å². The minimum absolute atomic E-state index is 0.222. The first-order valence-corrected chi connectivity index (χ1v) is 6.21. The molecule has 1 aromatic rings. The smallest absolute Gasteiger partial charge is 0.223 e. The van der Waals surface area contributed by atoms with E-state index in [1.165, 1.54) is 5.56 Å². The third kappa shape index (κ3) is 3.77. The van der Waals surface area contributed by atoms with Crippen LogP contribution in [0.5, 0.6) is 0 Å². The van der Waals surface area contributed by atoms with E-state index >= 15 is 0 Å². The fourth-order valence-corrected chi connectivity index (χ4v) is 1.91. The number of amides is 1. The fourth-order valence-electron chi connectivity index (χ4n) is 1.91. The standard InChI is InChI=1S/C14H22N2O/c1-4-16(5-2)14(17)10-11(3)12-6-8-13(15)9-7-12/h6-9,11H,4-5,10,15H2,1-3H3.